The standard InChI is InChI=1S/C17H21NO/c1-13(14-8-4-2-5-9-14)16(12-18)17(19)15-10-6-3-7-11-15/h2-11,13,16-17,19H,12,18H2,1H3. The van der Waals surface area contributed by atoms with E-state index in [0.29, 0.717) is 6.54 Å². The number of rotatable bonds is 5. The van der Waals surface area contributed by atoms with E-state index in [9.17, 15) is 5.11 Å². The highest BCUT2D eigenvalue weighted by Gasteiger charge is 2.26. The molecule has 0 heterocycles. The summed E-state index contributed by atoms with van der Waals surface area (Å²) in [6.45, 7) is 2.59. The van der Waals surface area contributed by atoms with Gasteiger partial charge in [-0.05, 0) is 23.6 Å². The Labute approximate surface area is 114 Å². The Morgan fingerprint density at radius 1 is 0.895 bits per heavy atom. The van der Waals surface area contributed by atoms with Crippen LogP contribution in [0.15, 0.2) is 60.7 Å². The fraction of sp³-hybridized carbons (Fsp3) is 0.294. The van der Waals surface area contributed by atoms with E-state index in [1.165, 1.54) is 5.56 Å². The molecule has 0 amide bonds. The van der Waals surface area contributed by atoms with Crippen molar-refractivity contribution < 1.29 is 5.11 Å². The van der Waals surface area contributed by atoms with Crippen LogP contribution in [0.4, 0.5) is 0 Å². The summed E-state index contributed by atoms with van der Waals surface area (Å²) >= 11 is 0. The fourth-order valence-electron chi connectivity index (χ4n) is 2.51. The van der Waals surface area contributed by atoms with Crippen LogP contribution in [0.25, 0.3) is 0 Å². The molecule has 0 aliphatic rings. The van der Waals surface area contributed by atoms with Gasteiger partial charge in [0, 0.05) is 5.92 Å². The van der Waals surface area contributed by atoms with Crippen molar-refractivity contribution in [1.82, 2.24) is 0 Å². The number of aliphatic hydroxyl groups is 1. The zero-order valence-corrected chi connectivity index (χ0v) is 11.2. The molecule has 2 heteroatoms. The van der Waals surface area contributed by atoms with E-state index in [1.807, 2.05) is 48.5 Å². The zero-order valence-electron chi connectivity index (χ0n) is 11.2. The first-order valence-electron chi connectivity index (χ1n) is 6.72. The quantitative estimate of drug-likeness (QED) is 0.862. The normalized spacial score (nSPS) is 15.7. The lowest BCUT2D eigenvalue weighted by Gasteiger charge is -2.28. The average molecular weight is 255 g/mol. The largest absolute Gasteiger partial charge is 0.388 e. The molecule has 0 aliphatic heterocycles. The lowest BCUT2D eigenvalue weighted by Crippen LogP contribution is -2.27. The van der Waals surface area contributed by atoms with E-state index in [-0.39, 0.29) is 11.8 Å². The van der Waals surface area contributed by atoms with Gasteiger partial charge < -0.3 is 10.8 Å². The van der Waals surface area contributed by atoms with Crippen LogP contribution in [0.3, 0.4) is 0 Å². The second kappa shape index (κ2) is 6.50. The lowest BCUT2D eigenvalue weighted by atomic mass is 9.81. The first kappa shape index (κ1) is 13.8. The summed E-state index contributed by atoms with van der Waals surface area (Å²) in [6.07, 6.45) is -0.526. The van der Waals surface area contributed by atoms with E-state index < -0.39 is 6.10 Å². The van der Waals surface area contributed by atoms with Crippen LogP contribution in [-0.4, -0.2) is 11.7 Å². The minimum absolute atomic E-state index is 0.0183. The molecule has 0 radical (unpaired) electrons. The van der Waals surface area contributed by atoms with Crippen LogP contribution in [0, 0.1) is 5.92 Å². The van der Waals surface area contributed by atoms with E-state index in [4.69, 9.17) is 5.73 Å². The summed E-state index contributed by atoms with van der Waals surface area (Å²) < 4.78 is 0. The van der Waals surface area contributed by atoms with E-state index in [1.54, 1.807) is 0 Å². The molecule has 19 heavy (non-hydrogen) atoms. The molecule has 2 nitrogen and oxygen atoms in total. The average Bonchev–Trinajstić information content (AvgIpc) is 2.49. The van der Waals surface area contributed by atoms with Crippen LogP contribution in [0.1, 0.15) is 30.1 Å². The summed E-state index contributed by atoms with van der Waals surface area (Å²) in [5.41, 5.74) is 8.04. The Balaban J connectivity index is 2.20. The molecule has 0 saturated carbocycles. The molecule has 3 N–H and O–H groups in total. The minimum atomic E-state index is -0.526. The van der Waals surface area contributed by atoms with Gasteiger partial charge in [0.2, 0.25) is 0 Å². The molecule has 2 rings (SSSR count). The van der Waals surface area contributed by atoms with Crippen LogP contribution < -0.4 is 5.73 Å². The predicted octanol–water partition coefficient (Wildman–Crippen LogP) is 3.10. The molecule has 0 spiro atoms. The number of nitrogens with two attached hydrogens (primary N) is 1. The van der Waals surface area contributed by atoms with Crippen molar-refractivity contribution >= 4 is 0 Å². The molecular formula is C17H21NO. The summed E-state index contributed by atoms with van der Waals surface area (Å²) in [5, 5.41) is 10.5. The zero-order chi connectivity index (χ0) is 13.7. The van der Waals surface area contributed by atoms with Crippen molar-refractivity contribution in [2.75, 3.05) is 6.54 Å². The van der Waals surface area contributed by atoms with Crippen molar-refractivity contribution in [3.63, 3.8) is 0 Å². The van der Waals surface area contributed by atoms with Gasteiger partial charge in [0.1, 0.15) is 0 Å². The second-order valence-corrected chi connectivity index (χ2v) is 4.95. The van der Waals surface area contributed by atoms with Crippen molar-refractivity contribution in [2.24, 2.45) is 11.7 Å². The highest BCUT2D eigenvalue weighted by molar-refractivity contribution is 5.23. The third-order valence-electron chi connectivity index (χ3n) is 3.79. The molecular weight excluding hydrogens is 234 g/mol. The Kier molecular flexibility index (Phi) is 4.72. The van der Waals surface area contributed by atoms with Gasteiger partial charge in [-0.25, -0.2) is 0 Å². The fourth-order valence-corrected chi connectivity index (χ4v) is 2.51. The number of benzene rings is 2. The highest BCUT2D eigenvalue weighted by atomic mass is 16.3. The molecule has 0 bridgehead atoms. The molecule has 0 aliphatic carbocycles. The van der Waals surface area contributed by atoms with E-state index in [0.717, 1.165) is 5.56 Å². The van der Waals surface area contributed by atoms with Crippen LogP contribution in [-0.2, 0) is 0 Å². The smallest absolute Gasteiger partial charge is 0.0836 e. The van der Waals surface area contributed by atoms with Crippen LogP contribution in [0.2, 0.25) is 0 Å². The number of hydrogen-bond acceptors (Lipinski definition) is 2. The van der Waals surface area contributed by atoms with Crippen LogP contribution >= 0.6 is 0 Å². The van der Waals surface area contributed by atoms with Crippen molar-refractivity contribution in [1.29, 1.82) is 0 Å². The Morgan fingerprint density at radius 2 is 1.37 bits per heavy atom. The molecule has 0 saturated heterocycles. The lowest BCUT2D eigenvalue weighted by molar-refractivity contribution is 0.0992. The third-order valence-corrected chi connectivity index (χ3v) is 3.79. The molecule has 3 unspecified atom stereocenters. The Morgan fingerprint density at radius 3 is 1.84 bits per heavy atom. The monoisotopic (exact) mass is 255 g/mol. The molecule has 2 aromatic carbocycles. The van der Waals surface area contributed by atoms with Crippen LogP contribution in [0.5, 0.6) is 0 Å². The summed E-state index contributed by atoms with van der Waals surface area (Å²) in [7, 11) is 0. The van der Waals surface area contributed by atoms with Crippen molar-refractivity contribution in [3.8, 4) is 0 Å². The second-order valence-electron chi connectivity index (χ2n) is 4.95. The third kappa shape index (κ3) is 3.22. The van der Waals surface area contributed by atoms with Gasteiger partial charge in [0.05, 0.1) is 6.10 Å². The first-order valence-corrected chi connectivity index (χ1v) is 6.72. The summed E-state index contributed by atoms with van der Waals surface area (Å²) in [4.78, 5) is 0. The highest BCUT2D eigenvalue weighted by Crippen LogP contribution is 2.33. The topological polar surface area (TPSA) is 46.2 Å². The van der Waals surface area contributed by atoms with Gasteiger partial charge >= 0.3 is 0 Å². The number of hydrogen-bond donors (Lipinski definition) is 2. The first-order chi connectivity index (χ1) is 9.24. The van der Waals surface area contributed by atoms with Gasteiger partial charge in [-0.1, -0.05) is 67.6 Å². The van der Waals surface area contributed by atoms with Crippen molar-refractivity contribution in [2.45, 2.75) is 18.9 Å². The van der Waals surface area contributed by atoms with E-state index >= 15 is 0 Å². The molecule has 100 valence electrons. The molecule has 0 fully saturated rings. The van der Waals surface area contributed by atoms with Gasteiger partial charge in [-0.2, -0.15) is 0 Å². The number of aliphatic hydroxyl groups excluding tert-OH is 1. The maximum atomic E-state index is 10.5. The van der Waals surface area contributed by atoms with Gasteiger partial charge in [0.25, 0.3) is 0 Å². The maximum absolute atomic E-state index is 10.5. The summed E-state index contributed by atoms with van der Waals surface area (Å²) in [6, 6.07) is 20.0. The molecule has 2 aromatic rings. The predicted molar refractivity (Wildman–Crippen MR) is 78.8 cm³/mol. The van der Waals surface area contributed by atoms with Crippen molar-refractivity contribution in [3.05, 3.63) is 71.8 Å². The minimum Gasteiger partial charge on any atom is -0.388 e. The van der Waals surface area contributed by atoms with Gasteiger partial charge in [0.15, 0.2) is 0 Å². The maximum Gasteiger partial charge on any atom is 0.0836 e. The molecule has 0 aromatic heterocycles. The van der Waals surface area contributed by atoms with E-state index in [2.05, 4.69) is 19.1 Å². The Hall–Kier alpha value is -1.64. The SMILES string of the molecule is CC(c1ccccc1)C(CN)C(O)c1ccccc1. The van der Waals surface area contributed by atoms with Gasteiger partial charge in [-0.3, -0.25) is 0 Å². The molecule has 3 atom stereocenters. The summed E-state index contributed by atoms with van der Waals surface area (Å²) in [5.74, 6) is 0.242. The van der Waals surface area contributed by atoms with Gasteiger partial charge in [-0.15, -0.1) is 0 Å². The Bertz CT molecular complexity index is 438.